The van der Waals surface area contributed by atoms with E-state index in [1.54, 1.807) is 10.9 Å². The van der Waals surface area contributed by atoms with Gasteiger partial charge in [-0.25, -0.2) is 0 Å². The molecule has 3 rings (SSSR count). The van der Waals surface area contributed by atoms with Gasteiger partial charge in [0.15, 0.2) is 0 Å². The van der Waals surface area contributed by atoms with E-state index < -0.39 is 0 Å². The van der Waals surface area contributed by atoms with Crippen molar-refractivity contribution >= 4 is 5.91 Å². The zero-order chi connectivity index (χ0) is 15.0. The second-order valence-electron chi connectivity index (χ2n) is 5.79. The highest BCUT2D eigenvalue weighted by atomic mass is 16.2. The van der Waals surface area contributed by atoms with E-state index in [2.05, 4.69) is 29.4 Å². The Morgan fingerprint density at radius 2 is 2.14 bits per heavy atom. The summed E-state index contributed by atoms with van der Waals surface area (Å²) in [6.45, 7) is 1.93. The normalized spacial score (nSPS) is 17.4. The number of benzene rings is 1. The van der Waals surface area contributed by atoms with Crippen LogP contribution in [0.15, 0.2) is 30.5 Å². The highest BCUT2D eigenvalue weighted by Gasteiger charge is 2.28. The van der Waals surface area contributed by atoms with Crippen LogP contribution in [0.2, 0.25) is 0 Å². The average molecular weight is 283 g/mol. The van der Waals surface area contributed by atoms with Crippen LogP contribution >= 0.6 is 0 Å². The molecule has 0 saturated carbocycles. The van der Waals surface area contributed by atoms with Crippen LogP contribution in [0.25, 0.3) is 0 Å². The number of carbonyl (C=O) groups excluding carboxylic acids is 1. The second kappa shape index (κ2) is 5.35. The third kappa shape index (κ3) is 2.35. The molecule has 0 spiro atoms. The number of amides is 1. The molecule has 1 amide bonds. The summed E-state index contributed by atoms with van der Waals surface area (Å²) in [6, 6.07) is 8.63. The van der Waals surface area contributed by atoms with Crippen LogP contribution in [0.3, 0.4) is 0 Å². The summed E-state index contributed by atoms with van der Waals surface area (Å²) in [5, 5.41) is 4.18. The minimum Gasteiger partial charge on any atom is -0.335 e. The molecule has 1 atom stereocenters. The maximum atomic E-state index is 12.8. The Bertz CT molecular complexity index is 674. The van der Waals surface area contributed by atoms with Crippen LogP contribution in [0.1, 0.15) is 46.1 Å². The molecule has 1 aliphatic carbocycles. The molecule has 1 aromatic heterocycles. The third-order valence-corrected chi connectivity index (χ3v) is 4.59. The molecule has 1 aliphatic rings. The molecule has 21 heavy (non-hydrogen) atoms. The maximum absolute atomic E-state index is 12.8. The first kappa shape index (κ1) is 13.9. The highest BCUT2D eigenvalue weighted by Crippen LogP contribution is 2.34. The van der Waals surface area contributed by atoms with Crippen molar-refractivity contribution in [3.05, 3.63) is 52.8 Å². The van der Waals surface area contributed by atoms with E-state index in [0.717, 1.165) is 25.0 Å². The van der Waals surface area contributed by atoms with Crippen molar-refractivity contribution in [3.63, 3.8) is 0 Å². The van der Waals surface area contributed by atoms with Crippen LogP contribution in [0.4, 0.5) is 0 Å². The second-order valence-corrected chi connectivity index (χ2v) is 5.79. The van der Waals surface area contributed by atoms with E-state index in [0.29, 0.717) is 5.56 Å². The Labute approximate surface area is 125 Å². The van der Waals surface area contributed by atoms with Crippen molar-refractivity contribution in [1.82, 2.24) is 14.7 Å². The number of fused-ring (bicyclic) bond motifs is 1. The van der Waals surface area contributed by atoms with Gasteiger partial charge in [0.25, 0.3) is 5.91 Å². The van der Waals surface area contributed by atoms with E-state index in [-0.39, 0.29) is 11.9 Å². The van der Waals surface area contributed by atoms with E-state index >= 15 is 0 Å². The van der Waals surface area contributed by atoms with Crippen molar-refractivity contribution in [2.24, 2.45) is 7.05 Å². The smallest absolute Gasteiger partial charge is 0.257 e. The van der Waals surface area contributed by atoms with Gasteiger partial charge < -0.3 is 4.90 Å². The van der Waals surface area contributed by atoms with Crippen molar-refractivity contribution in [1.29, 1.82) is 0 Å². The fourth-order valence-electron chi connectivity index (χ4n) is 3.17. The molecule has 0 saturated heterocycles. The molecular formula is C17H21N3O. The van der Waals surface area contributed by atoms with Crippen LogP contribution < -0.4 is 0 Å². The first-order chi connectivity index (χ1) is 10.1. The van der Waals surface area contributed by atoms with Gasteiger partial charge in [0.2, 0.25) is 0 Å². The van der Waals surface area contributed by atoms with Crippen LogP contribution in [0, 0.1) is 6.92 Å². The lowest BCUT2D eigenvalue weighted by molar-refractivity contribution is 0.0714. The molecule has 4 heteroatoms. The molecule has 4 nitrogen and oxygen atoms in total. The number of hydrogen-bond donors (Lipinski definition) is 0. The first-order valence-electron chi connectivity index (χ1n) is 7.43. The fourth-order valence-corrected chi connectivity index (χ4v) is 3.17. The number of carbonyl (C=O) groups is 1. The summed E-state index contributed by atoms with van der Waals surface area (Å²) >= 11 is 0. The molecule has 0 fully saturated rings. The predicted octanol–water partition coefficient (Wildman–Crippen LogP) is 2.88. The van der Waals surface area contributed by atoms with Gasteiger partial charge in [-0.15, -0.1) is 0 Å². The summed E-state index contributed by atoms with van der Waals surface area (Å²) < 4.78 is 1.75. The lowest BCUT2D eigenvalue weighted by Gasteiger charge is -2.33. The number of aryl methyl sites for hydroxylation is 2. The minimum absolute atomic E-state index is 0.0577. The largest absolute Gasteiger partial charge is 0.335 e. The monoisotopic (exact) mass is 283 g/mol. The van der Waals surface area contributed by atoms with Crippen molar-refractivity contribution in [2.75, 3.05) is 7.05 Å². The van der Waals surface area contributed by atoms with Gasteiger partial charge >= 0.3 is 0 Å². The Balaban J connectivity index is 1.91. The Morgan fingerprint density at radius 1 is 1.38 bits per heavy atom. The number of rotatable bonds is 2. The molecule has 2 aromatic rings. The van der Waals surface area contributed by atoms with Gasteiger partial charge in [-0.05, 0) is 37.3 Å². The number of nitrogens with zero attached hydrogens (tertiary/aromatic N) is 3. The maximum Gasteiger partial charge on any atom is 0.257 e. The summed E-state index contributed by atoms with van der Waals surface area (Å²) in [5.74, 6) is 0.0577. The van der Waals surface area contributed by atoms with Crippen LogP contribution in [-0.4, -0.2) is 27.6 Å². The van der Waals surface area contributed by atoms with E-state index in [1.807, 2.05) is 25.9 Å². The van der Waals surface area contributed by atoms with Crippen LogP contribution in [0.5, 0.6) is 0 Å². The Kier molecular flexibility index (Phi) is 3.53. The molecule has 110 valence electrons. The minimum atomic E-state index is 0.0577. The average Bonchev–Trinajstić information content (AvgIpc) is 2.85. The molecule has 0 bridgehead atoms. The molecule has 0 aliphatic heterocycles. The first-order valence-corrected chi connectivity index (χ1v) is 7.43. The predicted molar refractivity (Wildman–Crippen MR) is 82.2 cm³/mol. The third-order valence-electron chi connectivity index (χ3n) is 4.59. The molecular weight excluding hydrogens is 262 g/mol. The van der Waals surface area contributed by atoms with Gasteiger partial charge in [0.05, 0.1) is 17.8 Å². The van der Waals surface area contributed by atoms with Crippen LogP contribution in [-0.2, 0) is 13.5 Å². The van der Waals surface area contributed by atoms with Gasteiger partial charge in [0.1, 0.15) is 0 Å². The topological polar surface area (TPSA) is 38.1 Å². The lowest BCUT2D eigenvalue weighted by atomic mass is 9.87. The molecule has 1 aromatic carbocycles. The van der Waals surface area contributed by atoms with Crippen molar-refractivity contribution in [3.8, 4) is 0 Å². The van der Waals surface area contributed by atoms with Gasteiger partial charge in [-0.1, -0.05) is 24.3 Å². The molecule has 1 unspecified atom stereocenters. The van der Waals surface area contributed by atoms with Crippen molar-refractivity contribution in [2.45, 2.75) is 32.2 Å². The van der Waals surface area contributed by atoms with E-state index in [9.17, 15) is 4.79 Å². The number of hydrogen-bond acceptors (Lipinski definition) is 2. The summed E-state index contributed by atoms with van der Waals surface area (Å²) in [6.07, 6.45) is 4.94. The van der Waals surface area contributed by atoms with Gasteiger partial charge in [0, 0.05) is 19.8 Å². The summed E-state index contributed by atoms with van der Waals surface area (Å²) in [5.41, 5.74) is 4.27. The molecule has 0 radical (unpaired) electrons. The summed E-state index contributed by atoms with van der Waals surface area (Å²) in [7, 11) is 3.77. The lowest BCUT2D eigenvalue weighted by Crippen LogP contribution is -2.33. The van der Waals surface area contributed by atoms with E-state index in [4.69, 9.17) is 0 Å². The zero-order valence-electron chi connectivity index (χ0n) is 12.8. The van der Waals surface area contributed by atoms with Gasteiger partial charge in [-0.2, -0.15) is 5.10 Å². The van der Waals surface area contributed by atoms with Crippen molar-refractivity contribution < 1.29 is 4.79 Å². The van der Waals surface area contributed by atoms with Gasteiger partial charge in [-0.3, -0.25) is 9.48 Å². The Morgan fingerprint density at radius 3 is 2.86 bits per heavy atom. The van der Waals surface area contributed by atoms with E-state index in [1.165, 1.54) is 11.1 Å². The Hall–Kier alpha value is -2.10. The quantitative estimate of drug-likeness (QED) is 0.850. The SMILES string of the molecule is Cc1c(C(=O)N(C)C2CCCc3ccccc32)cnn1C. The molecule has 1 heterocycles. The number of aromatic nitrogens is 2. The summed E-state index contributed by atoms with van der Waals surface area (Å²) in [4.78, 5) is 14.6. The standard InChI is InChI=1S/C17H21N3O/c1-12-15(11-18-20(12)3)17(21)19(2)16-10-6-8-13-7-4-5-9-14(13)16/h4-5,7,9,11,16H,6,8,10H2,1-3H3. The zero-order valence-corrected chi connectivity index (χ0v) is 12.8. The molecule has 0 N–H and O–H groups in total. The fraction of sp³-hybridized carbons (Fsp3) is 0.412. The highest BCUT2D eigenvalue weighted by molar-refractivity contribution is 5.95.